The van der Waals surface area contributed by atoms with Crippen molar-refractivity contribution < 1.29 is 0 Å². The standard InChI is InChI=1S/C39H25N5/c1-3-11-30(12-4-1)43-35-17-9-10-28-22-29(23-32(37(28)35)38-36(43)24-40-25-41-38)26-18-20-27(21-19-26)39-42-33-15-7-8-16-34(33)44(39)31-13-5-2-6-14-31/h1-25H. The molecular formula is C39H25N5. The predicted octanol–water partition coefficient (Wildman–Crippen LogP) is 9.75. The van der Waals surface area contributed by atoms with E-state index in [9.17, 15) is 0 Å². The minimum Gasteiger partial charge on any atom is -0.306 e. The highest BCUT2D eigenvalue weighted by Crippen LogP contribution is 2.50. The summed E-state index contributed by atoms with van der Waals surface area (Å²) in [6, 6.07) is 49.0. The SMILES string of the molecule is c1ccc(N2c3cncnc3-c3cc(-c4ccc(-c5nc6ccccc6n5-c5ccccc5)cc4)cc4cccc2c34)cc1. The van der Waals surface area contributed by atoms with Crippen LogP contribution in [0.15, 0.2) is 152 Å². The van der Waals surface area contributed by atoms with Crippen LogP contribution in [0.2, 0.25) is 0 Å². The highest BCUT2D eigenvalue weighted by Gasteiger charge is 2.27. The number of imidazole rings is 1. The molecule has 0 bridgehead atoms. The fourth-order valence-electron chi connectivity index (χ4n) is 6.50. The molecular weight excluding hydrogens is 538 g/mol. The second-order valence-electron chi connectivity index (χ2n) is 11.0. The molecule has 3 heterocycles. The van der Waals surface area contributed by atoms with Gasteiger partial charge in [0.1, 0.15) is 12.2 Å². The molecule has 6 aromatic carbocycles. The summed E-state index contributed by atoms with van der Waals surface area (Å²) in [7, 11) is 0. The molecule has 1 aliphatic rings. The largest absolute Gasteiger partial charge is 0.306 e. The molecule has 0 aliphatic carbocycles. The van der Waals surface area contributed by atoms with E-state index in [2.05, 4.69) is 136 Å². The summed E-state index contributed by atoms with van der Waals surface area (Å²) in [5, 5.41) is 2.37. The summed E-state index contributed by atoms with van der Waals surface area (Å²) in [5.41, 5.74) is 11.8. The van der Waals surface area contributed by atoms with Crippen LogP contribution in [0.4, 0.5) is 17.1 Å². The lowest BCUT2D eigenvalue weighted by Gasteiger charge is -2.32. The van der Waals surface area contributed by atoms with E-state index in [1.54, 1.807) is 6.33 Å². The third kappa shape index (κ3) is 3.76. The smallest absolute Gasteiger partial charge is 0.145 e. The molecule has 0 spiro atoms. The lowest BCUT2D eigenvalue weighted by Crippen LogP contribution is -2.16. The summed E-state index contributed by atoms with van der Waals surface area (Å²) in [6.07, 6.45) is 3.56. The van der Waals surface area contributed by atoms with Gasteiger partial charge in [-0.05, 0) is 71.1 Å². The first kappa shape index (κ1) is 24.5. The first-order valence-electron chi connectivity index (χ1n) is 14.7. The summed E-state index contributed by atoms with van der Waals surface area (Å²) < 4.78 is 2.24. The Balaban J connectivity index is 1.19. The van der Waals surface area contributed by atoms with Crippen molar-refractivity contribution in [2.45, 2.75) is 0 Å². The van der Waals surface area contributed by atoms with Gasteiger partial charge < -0.3 is 4.90 Å². The lowest BCUT2D eigenvalue weighted by molar-refractivity contribution is 1.10. The van der Waals surface area contributed by atoms with Crippen LogP contribution in [0.1, 0.15) is 0 Å². The van der Waals surface area contributed by atoms with E-state index in [-0.39, 0.29) is 0 Å². The van der Waals surface area contributed by atoms with Gasteiger partial charge in [-0.25, -0.2) is 15.0 Å². The van der Waals surface area contributed by atoms with Crippen molar-refractivity contribution in [1.29, 1.82) is 0 Å². The van der Waals surface area contributed by atoms with E-state index >= 15 is 0 Å². The second-order valence-corrected chi connectivity index (χ2v) is 11.0. The number of aromatic nitrogens is 4. The Labute approximate surface area is 254 Å². The minimum atomic E-state index is 0.925. The fourth-order valence-corrected chi connectivity index (χ4v) is 6.50. The Morgan fingerprint density at radius 3 is 2.09 bits per heavy atom. The van der Waals surface area contributed by atoms with Gasteiger partial charge in [-0.15, -0.1) is 0 Å². The summed E-state index contributed by atoms with van der Waals surface area (Å²) in [4.78, 5) is 16.5. The van der Waals surface area contributed by atoms with Crippen LogP contribution >= 0.6 is 0 Å². The molecule has 0 amide bonds. The molecule has 44 heavy (non-hydrogen) atoms. The molecule has 0 fully saturated rings. The molecule has 0 radical (unpaired) electrons. The topological polar surface area (TPSA) is 46.8 Å². The lowest BCUT2D eigenvalue weighted by atomic mass is 9.90. The van der Waals surface area contributed by atoms with Crippen molar-refractivity contribution in [1.82, 2.24) is 19.5 Å². The van der Waals surface area contributed by atoms with Crippen molar-refractivity contribution in [2.75, 3.05) is 4.90 Å². The minimum absolute atomic E-state index is 0.925. The molecule has 0 unspecified atom stereocenters. The Hall–Kier alpha value is -6.07. The van der Waals surface area contributed by atoms with Gasteiger partial charge >= 0.3 is 0 Å². The van der Waals surface area contributed by atoms with Crippen LogP contribution in [-0.4, -0.2) is 19.5 Å². The van der Waals surface area contributed by atoms with Gasteiger partial charge in [0.25, 0.3) is 0 Å². The third-order valence-corrected chi connectivity index (χ3v) is 8.45. The van der Waals surface area contributed by atoms with Gasteiger partial charge in [-0.2, -0.15) is 0 Å². The number of anilines is 3. The van der Waals surface area contributed by atoms with Crippen LogP contribution in [-0.2, 0) is 0 Å². The number of rotatable bonds is 4. The van der Waals surface area contributed by atoms with Crippen LogP contribution in [0.25, 0.3) is 61.3 Å². The molecule has 1 aliphatic heterocycles. The first-order valence-corrected chi connectivity index (χ1v) is 14.7. The summed E-state index contributed by atoms with van der Waals surface area (Å²) in [5.74, 6) is 0.925. The second kappa shape index (κ2) is 9.75. The normalized spacial score (nSPS) is 12.0. The van der Waals surface area contributed by atoms with Crippen molar-refractivity contribution in [2.24, 2.45) is 0 Å². The number of hydrogen-bond donors (Lipinski definition) is 0. The molecule has 5 heteroatoms. The van der Waals surface area contributed by atoms with E-state index in [0.29, 0.717) is 0 Å². The van der Waals surface area contributed by atoms with E-state index in [1.807, 2.05) is 24.4 Å². The van der Waals surface area contributed by atoms with Gasteiger partial charge in [0.2, 0.25) is 0 Å². The van der Waals surface area contributed by atoms with Gasteiger partial charge in [0.05, 0.1) is 34.3 Å². The number of benzene rings is 6. The van der Waals surface area contributed by atoms with Gasteiger partial charge in [-0.1, -0.05) is 84.9 Å². The highest BCUT2D eigenvalue weighted by atomic mass is 15.2. The fraction of sp³-hybridized carbons (Fsp3) is 0. The molecule has 206 valence electrons. The maximum absolute atomic E-state index is 5.05. The molecule has 2 aromatic heterocycles. The third-order valence-electron chi connectivity index (χ3n) is 8.45. The Morgan fingerprint density at radius 2 is 1.27 bits per heavy atom. The molecule has 0 saturated carbocycles. The zero-order valence-electron chi connectivity index (χ0n) is 23.7. The Kier molecular flexibility index (Phi) is 5.43. The van der Waals surface area contributed by atoms with E-state index in [4.69, 9.17) is 9.97 Å². The molecule has 0 saturated heterocycles. The van der Waals surface area contributed by atoms with Crippen LogP contribution in [0, 0.1) is 0 Å². The molecule has 9 rings (SSSR count). The van der Waals surface area contributed by atoms with Crippen LogP contribution in [0.5, 0.6) is 0 Å². The van der Waals surface area contributed by atoms with Crippen molar-refractivity contribution in [3.05, 3.63) is 152 Å². The zero-order chi connectivity index (χ0) is 29.0. The summed E-state index contributed by atoms with van der Waals surface area (Å²) in [6.45, 7) is 0. The van der Waals surface area contributed by atoms with Crippen molar-refractivity contribution in [3.8, 4) is 39.5 Å². The summed E-state index contributed by atoms with van der Waals surface area (Å²) >= 11 is 0. The number of nitrogens with zero attached hydrogens (tertiary/aromatic N) is 5. The zero-order valence-corrected chi connectivity index (χ0v) is 23.7. The van der Waals surface area contributed by atoms with E-state index < -0.39 is 0 Å². The number of para-hydroxylation sites is 4. The quantitative estimate of drug-likeness (QED) is 0.214. The maximum Gasteiger partial charge on any atom is 0.145 e. The van der Waals surface area contributed by atoms with E-state index in [0.717, 1.165) is 67.6 Å². The molecule has 0 atom stereocenters. The Bertz CT molecular complexity index is 2320. The number of fused-ring (bicyclic) bond motifs is 3. The van der Waals surface area contributed by atoms with Gasteiger partial charge in [0, 0.05) is 27.9 Å². The monoisotopic (exact) mass is 563 g/mol. The Morgan fingerprint density at radius 1 is 0.545 bits per heavy atom. The molecule has 5 nitrogen and oxygen atoms in total. The average molecular weight is 564 g/mol. The van der Waals surface area contributed by atoms with Crippen LogP contribution < -0.4 is 4.90 Å². The van der Waals surface area contributed by atoms with Crippen LogP contribution in [0.3, 0.4) is 0 Å². The van der Waals surface area contributed by atoms with Gasteiger partial charge in [-0.3, -0.25) is 4.57 Å². The number of hydrogen-bond acceptors (Lipinski definition) is 4. The van der Waals surface area contributed by atoms with E-state index in [1.165, 1.54) is 10.8 Å². The molecule has 8 aromatic rings. The predicted molar refractivity (Wildman–Crippen MR) is 179 cm³/mol. The highest BCUT2D eigenvalue weighted by molar-refractivity contribution is 6.14. The average Bonchev–Trinajstić information content (AvgIpc) is 3.49. The van der Waals surface area contributed by atoms with Crippen molar-refractivity contribution >= 4 is 38.9 Å². The first-order chi connectivity index (χ1) is 21.8. The van der Waals surface area contributed by atoms with Crippen molar-refractivity contribution in [3.63, 3.8) is 0 Å². The van der Waals surface area contributed by atoms with Gasteiger partial charge in [0.15, 0.2) is 0 Å². The maximum atomic E-state index is 5.05. The molecule has 0 N–H and O–H groups in total.